The fourth-order valence-corrected chi connectivity index (χ4v) is 3.23. The van der Waals surface area contributed by atoms with Crippen LogP contribution in [0.3, 0.4) is 0 Å². The van der Waals surface area contributed by atoms with Gasteiger partial charge < -0.3 is 25.9 Å². The summed E-state index contributed by atoms with van der Waals surface area (Å²) in [6.07, 6.45) is 6.22. The van der Waals surface area contributed by atoms with Gasteiger partial charge in [0.15, 0.2) is 0 Å². The molecule has 0 radical (unpaired) electrons. The Morgan fingerprint density at radius 3 is 0.744 bits per heavy atom. The van der Waals surface area contributed by atoms with Crippen molar-refractivity contribution in [3.05, 3.63) is 119 Å². The summed E-state index contributed by atoms with van der Waals surface area (Å²) in [5.41, 5.74) is 2.28. The van der Waals surface area contributed by atoms with Gasteiger partial charge in [0.2, 0.25) is 0 Å². The molecular formula is C32H30Fe2N4O5. The Hall–Kier alpha value is -4.24. The first kappa shape index (κ1) is 38.8. The van der Waals surface area contributed by atoms with Crippen molar-refractivity contribution in [1.82, 2.24) is 0 Å². The van der Waals surface area contributed by atoms with Gasteiger partial charge in [0.1, 0.15) is 0 Å². The topological polar surface area (TPSA) is 173 Å². The van der Waals surface area contributed by atoms with Crippen molar-refractivity contribution in [2.75, 3.05) is 26.2 Å². The van der Waals surface area contributed by atoms with E-state index in [9.17, 15) is 20.4 Å². The minimum atomic E-state index is -0.0416. The quantitative estimate of drug-likeness (QED) is 0.144. The summed E-state index contributed by atoms with van der Waals surface area (Å²) in [7, 11) is 0. The van der Waals surface area contributed by atoms with E-state index in [0.29, 0.717) is 48.4 Å². The number of benzene rings is 4. The molecule has 0 fully saturated rings. The largest absolute Gasteiger partial charge is 2.00 e. The fourth-order valence-electron chi connectivity index (χ4n) is 3.23. The van der Waals surface area contributed by atoms with Gasteiger partial charge in [-0.1, -0.05) is 97.1 Å². The molecule has 0 saturated carbocycles. The van der Waals surface area contributed by atoms with E-state index in [4.69, 9.17) is 0 Å². The van der Waals surface area contributed by atoms with Crippen LogP contribution in [0.5, 0.6) is 23.0 Å². The Balaban J connectivity index is 0.000000767. The van der Waals surface area contributed by atoms with Gasteiger partial charge >= 0.3 is 34.1 Å². The van der Waals surface area contributed by atoms with Crippen molar-refractivity contribution in [1.29, 1.82) is 0 Å². The van der Waals surface area contributed by atoms with Crippen LogP contribution in [0.1, 0.15) is 22.3 Å². The number of hydrogen-bond donors (Lipinski definition) is 0. The Morgan fingerprint density at radius 2 is 0.558 bits per heavy atom. The molecule has 0 atom stereocenters. The molecule has 0 amide bonds. The first-order chi connectivity index (χ1) is 19.5. The predicted octanol–water partition coefficient (Wildman–Crippen LogP) is 1.91. The molecule has 4 aromatic carbocycles. The van der Waals surface area contributed by atoms with Crippen LogP contribution in [0.15, 0.2) is 117 Å². The van der Waals surface area contributed by atoms with E-state index in [-0.39, 0.29) is 62.6 Å². The Morgan fingerprint density at radius 1 is 0.372 bits per heavy atom. The van der Waals surface area contributed by atoms with Gasteiger partial charge in [-0.3, -0.25) is 20.0 Å². The third-order valence-electron chi connectivity index (χ3n) is 5.31. The van der Waals surface area contributed by atoms with E-state index in [0.717, 1.165) is 0 Å². The zero-order valence-electron chi connectivity index (χ0n) is 23.0. The molecule has 11 heteroatoms. The van der Waals surface area contributed by atoms with E-state index in [2.05, 4.69) is 20.0 Å². The van der Waals surface area contributed by atoms with Crippen LogP contribution in [0.4, 0.5) is 0 Å². The van der Waals surface area contributed by atoms with Crippen LogP contribution in [-0.2, 0) is 34.1 Å². The van der Waals surface area contributed by atoms with Gasteiger partial charge in [-0.05, 0) is 22.3 Å². The van der Waals surface area contributed by atoms with Gasteiger partial charge in [0, 0.05) is 24.9 Å². The summed E-state index contributed by atoms with van der Waals surface area (Å²) < 4.78 is 0. The second-order valence-electron chi connectivity index (χ2n) is 8.29. The molecule has 0 aromatic heterocycles. The molecule has 0 spiro atoms. The summed E-state index contributed by atoms with van der Waals surface area (Å²) in [4.78, 5) is 16.6. The first-order valence-corrected chi connectivity index (χ1v) is 12.6. The molecule has 0 unspecified atom stereocenters. The zero-order valence-corrected chi connectivity index (χ0v) is 25.2. The minimum Gasteiger partial charge on any atom is -0.872 e. The molecule has 4 rings (SSSR count). The minimum absolute atomic E-state index is 0. The normalized spacial score (nSPS) is 10.6. The van der Waals surface area contributed by atoms with Gasteiger partial charge in [0.05, 0.1) is 26.2 Å². The third-order valence-corrected chi connectivity index (χ3v) is 5.31. The molecule has 0 saturated heterocycles. The van der Waals surface area contributed by atoms with E-state index in [1.165, 1.54) is 24.3 Å². The van der Waals surface area contributed by atoms with Gasteiger partial charge in [0.25, 0.3) is 0 Å². The molecular weight excluding hydrogens is 632 g/mol. The number of hydrogen-bond acceptors (Lipinski definition) is 8. The van der Waals surface area contributed by atoms with Crippen LogP contribution in [0.25, 0.3) is 0 Å². The molecule has 0 aliphatic heterocycles. The van der Waals surface area contributed by atoms with E-state index in [1.807, 2.05) is 0 Å². The molecule has 0 bridgehead atoms. The van der Waals surface area contributed by atoms with Crippen molar-refractivity contribution in [2.45, 2.75) is 0 Å². The van der Waals surface area contributed by atoms with Gasteiger partial charge in [-0.2, -0.15) is 0 Å². The zero-order chi connectivity index (χ0) is 28.4. The van der Waals surface area contributed by atoms with E-state index in [1.54, 1.807) is 97.7 Å². The fraction of sp³-hybridized carbons (Fsp3) is 0.125. The van der Waals surface area contributed by atoms with Crippen molar-refractivity contribution >= 4 is 24.9 Å². The smallest absolute Gasteiger partial charge is 0.872 e. The van der Waals surface area contributed by atoms with Gasteiger partial charge in [-0.25, -0.2) is 0 Å². The second-order valence-corrected chi connectivity index (χ2v) is 8.29. The first-order valence-electron chi connectivity index (χ1n) is 12.6. The maximum atomic E-state index is 11.4. The van der Waals surface area contributed by atoms with Crippen LogP contribution in [0, 0.1) is 0 Å². The molecule has 0 aliphatic carbocycles. The predicted molar refractivity (Wildman–Crippen MR) is 157 cm³/mol. The second kappa shape index (κ2) is 22.4. The average molecular weight is 662 g/mol. The molecule has 0 heterocycles. The summed E-state index contributed by atoms with van der Waals surface area (Å²) in [6.45, 7) is 1.91. The van der Waals surface area contributed by atoms with Crippen molar-refractivity contribution in [2.24, 2.45) is 20.0 Å². The van der Waals surface area contributed by atoms with Crippen LogP contribution < -0.4 is 20.4 Å². The summed E-state index contributed by atoms with van der Waals surface area (Å²) in [5.74, 6) is -0.167. The molecule has 224 valence electrons. The maximum Gasteiger partial charge on any atom is 2.00 e. The van der Waals surface area contributed by atoms with Crippen molar-refractivity contribution < 1.29 is 60.0 Å². The van der Waals surface area contributed by atoms with Crippen LogP contribution >= 0.6 is 0 Å². The maximum absolute atomic E-state index is 11.4. The standard InChI is InChI=1S/2C16H16N2O2.2Fe.H2O/c2*19-15-7-3-1-5-13(15)11-17-9-10-18-12-14-6-2-4-8-16(14)20;;;/h2*1-8,11-12,19-20H,9-10H2;;;1H2/q;;2*+2;/p-4. The monoisotopic (exact) mass is 662 g/mol. The Bertz CT molecular complexity index is 1260. The van der Waals surface area contributed by atoms with Crippen LogP contribution in [0.2, 0.25) is 0 Å². The summed E-state index contributed by atoms with van der Waals surface area (Å²) >= 11 is 0. The summed E-state index contributed by atoms with van der Waals surface area (Å²) in [5, 5.41) is 45.6. The number of aliphatic imine (C=N–C) groups is 4. The molecule has 43 heavy (non-hydrogen) atoms. The summed E-state index contributed by atoms with van der Waals surface area (Å²) in [6, 6.07) is 26.9. The molecule has 4 aromatic rings. The number of nitrogens with zero attached hydrogens (tertiary/aromatic N) is 4. The number of rotatable bonds is 10. The average Bonchev–Trinajstić information content (AvgIpc) is 2.96. The molecule has 9 nitrogen and oxygen atoms in total. The van der Waals surface area contributed by atoms with E-state index >= 15 is 0 Å². The third kappa shape index (κ3) is 14.5. The van der Waals surface area contributed by atoms with Gasteiger partial charge in [-0.15, -0.1) is 23.0 Å². The SMILES string of the molecule is O.[Fe+2].[Fe+2].[O-]c1ccccc1C=NCCN=Cc1ccccc1[O-].[O-]c1ccccc1C=NCCN=Cc1ccccc1[O-]. The van der Waals surface area contributed by atoms with E-state index < -0.39 is 0 Å². The van der Waals surface area contributed by atoms with Crippen LogP contribution in [-0.4, -0.2) is 56.5 Å². The molecule has 2 N–H and O–H groups in total. The number of para-hydroxylation sites is 4. The van der Waals surface area contributed by atoms with Crippen molar-refractivity contribution in [3.63, 3.8) is 0 Å². The molecule has 0 aliphatic rings. The Kier molecular flexibility index (Phi) is 20.2. The Labute approximate surface area is 272 Å². The van der Waals surface area contributed by atoms with Crippen molar-refractivity contribution in [3.8, 4) is 23.0 Å².